The molecule has 4 aromatic rings. The van der Waals surface area contributed by atoms with Crippen LogP contribution in [0.2, 0.25) is 0 Å². The fourth-order valence-corrected chi connectivity index (χ4v) is 3.59. The third-order valence-electron chi connectivity index (χ3n) is 5.42. The lowest BCUT2D eigenvalue weighted by Crippen LogP contribution is -2.37. The van der Waals surface area contributed by atoms with Crippen LogP contribution in [-0.2, 0) is 11.3 Å². The number of oxazole rings is 1. The van der Waals surface area contributed by atoms with Gasteiger partial charge in [0.05, 0.1) is 5.92 Å². The Bertz CT molecular complexity index is 1190. The molecule has 0 fully saturated rings. The highest BCUT2D eigenvalue weighted by molar-refractivity contribution is 5.76. The quantitative estimate of drug-likeness (QED) is 0.339. The molecule has 0 saturated heterocycles. The number of carboxylic acid groups (broad SMARTS) is 1. The molecule has 4 rings (SSSR count). The molecule has 2 N–H and O–H groups in total. The Balaban J connectivity index is 1.41. The van der Waals surface area contributed by atoms with Gasteiger partial charge in [-0.3, -0.25) is 4.98 Å². The van der Waals surface area contributed by atoms with Crippen molar-refractivity contribution in [2.24, 2.45) is 0 Å². The molecule has 1 unspecified atom stereocenters. The van der Waals surface area contributed by atoms with Crippen molar-refractivity contribution in [2.45, 2.75) is 38.3 Å². The van der Waals surface area contributed by atoms with Gasteiger partial charge < -0.3 is 19.6 Å². The van der Waals surface area contributed by atoms with Crippen LogP contribution in [0.4, 0.5) is 0 Å². The number of aromatic nitrogens is 2. The molecular weight excluding hydrogens is 418 g/mol. The number of nitrogens with one attached hydrogen (secondary N) is 1. The average molecular weight is 446 g/mol. The number of benzene rings is 2. The predicted molar refractivity (Wildman–Crippen MR) is 125 cm³/mol. The van der Waals surface area contributed by atoms with Crippen molar-refractivity contribution in [3.05, 3.63) is 90.1 Å². The molecule has 2 aromatic heterocycles. The van der Waals surface area contributed by atoms with Gasteiger partial charge in [0.2, 0.25) is 5.89 Å². The van der Waals surface area contributed by atoms with Crippen molar-refractivity contribution in [3.8, 4) is 5.75 Å². The van der Waals surface area contributed by atoms with E-state index < -0.39 is 11.6 Å². The highest BCUT2D eigenvalue weighted by Crippen LogP contribution is 2.29. The Morgan fingerprint density at radius 3 is 2.76 bits per heavy atom. The summed E-state index contributed by atoms with van der Waals surface area (Å²) in [6.07, 6.45) is 4.39. The number of hydrogen-bond acceptors (Lipinski definition) is 6. The van der Waals surface area contributed by atoms with E-state index in [4.69, 9.17) is 14.1 Å². The molecule has 2 aromatic carbocycles. The first kappa shape index (κ1) is 22.5. The second kappa shape index (κ2) is 9.83. The molecule has 0 saturated carbocycles. The monoisotopic (exact) mass is 445 g/mol. The van der Waals surface area contributed by atoms with Crippen molar-refractivity contribution >= 4 is 17.1 Å². The molecule has 0 aliphatic rings. The smallest absolute Gasteiger partial charge is 0.347 e. The first-order valence-corrected chi connectivity index (χ1v) is 10.9. The van der Waals surface area contributed by atoms with Gasteiger partial charge in [-0.05, 0) is 68.3 Å². The van der Waals surface area contributed by atoms with E-state index in [1.54, 1.807) is 12.3 Å². The van der Waals surface area contributed by atoms with Crippen LogP contribution in [0.1, 0.15) is 43.2 Å². The minimum absolute atomic E-state index is 0.0235. The SMILES string of the molecule is CC(C)(Oc1cccc(CNCCC(c2cccnc2)c2nc3ccccc3o2)c1)C(=O)O. The minimum Gasteiger partial charge on any atom is -0.478 e. The van der Waals surface area contributed by atoms with Crippen molar-refractivity contribution in [1.82, 2.24) is 15.3 Å². The Hall–Kier alpha value is -3.71. The van der Waals surface area contributed by atoms with Crippen molar-refractivity contribution in [3.63, 3.8) is 0 Å². The Kier molecular flexibility index (Phi) is 6.70. The van der Waals surface area contributed by atoms with E-state index >= 15 is 0 Å². The number of pyridine rings is 1. The van der Waals surface area contributed by atoms with E-state index in [1.165, 1.54) is 13.8 Å². The maximum absolute atomic E-state index is 11.3. The van der Waals surface area contributed by atoms with Crippen molar-refractivity contribution < 1.29 is 19.1 Å². The fourth-order valence-electron chi connectivity index (χ4n) is 3.59. The number of para-hydroxylation sites is 2. The lowest BCUT2D eigenvalue weighted by molar-refractivity contribution is -0.152. The van der Waals surface area contributed by atoms with Gasteiger partial charge in [-0.15, -0.1) is 0 Å². The zero-order chi connectivity index (χ0) is 23.3. The maximum Gasteiger partial charge on any atom is 0.347 e. The molecule has 0 aliphatic heterocycles. The zero-order valence-electron chi connectivity index (χ0n) is 18.7. The number of rotatable bonds is 10. The Morgan fingerprint density at radius 1 is 1.15 bits per heavy atom. The van der Waals surface area contributed by atoms with Gasteiger partial charge in [0.15, 0.2) is 11.2 Å². The van der Waals surface area contributed by atoms with Gasteiger partial charge in [-0.25, -0.2) is 9.78 Å². The molecule has 0 spiro atoms. The van der Waals surface area contributed by atoms with Crippen molar-refractivity contribution in [2.75, 3.05) is 6.54 Å². The van der Waals surface area contributed by atoms with Crippen LogP contribution < -0.4 is 10.1 Å². The first-order chi connectivity index (χ1) is 15.9. The minimum atomic E-state index is -1.29. The second-order valence-corrected chi connectivity index (χ2v) is 8.39. The highest BCUT2D eigenvalue weighted by atomic mass is 16.5. The zero-order valence-corrected chi connectivity index (χ0v) is 18.7. The summed E-state index contributed by atoms with van der Waals surface area (Å²) in [5, 5.41) is 12.7. The third-order valence-corrected chi connectivity index (χ3v) is 5.42. The van der Waals surface area contributed by atoms with E-state index in [9.17, 15) is 9.90 Å². The van der Waals surface area contributed by atoms with Crippen LogP contribution in [0.15, 0.2) is 77.5 Å². The Labute approximate surface area is 192 Å². The summed E-state index contributed by atoms with van der Waals surface area (Å²) in [7, 11) is 0. The maximum atomic E-state index is 11.3. The summed E-state index contributed by atoms with van der Waals surface area (Å²) in [6.45, 7) is 4.41. The highest BCUT2D eigenvalue weighted by Gasteiger charge is 2.29. The van der Waals surface area contributed by atoms with E-state index in [0.29, 0.717) is 18.2 Å². The normalized spacial score (nSPS) is 12.5. The molecule has 0 bridgehead atoms. The molecule has 7 heteroatoms. The number of nitrogens with zero attached hydrogens (tertiary/aromatic N) is 2. The molecule has 1 atom stereocenters. The molecule has 0 aliphatic carbocycles. The number of ether oxygens (including phenoxy) is 1. The van der Waals surface area contributed by atoms with E-state index in [0.717, 1.165) is 35.2 Å². The number of hydrogen-bond donors (Lipinski definition) is 2. The summed E-state index contributed by atoms with van der Waals surface area (Å²) in [5.74, 6) is 0.176. The third kappa shape index (κ3) is 5.56. The van der Waals surface area contributed by atoms with Crippen LogP contribution in [0.3, 0.4) is 0 Å². The average Bonchev–Trinajstić information content (AvgIpc) is 3.23. The molecule has 7 nitrogen and oxygen atoms in total. The molecule has 2 heterocycles. The molecule has 0 radical (unpaired) electrons. The number of aliphatic carboxylic acids is 1. The molecular formula is C26H27N3O4. The lowest BCUT2D eigenvalue weighted by Gasteiger charge is -2.21. The van der Waals surface area contributed by atoms with E-state index in [2.05, 4.69) is 10.3 Å². The molecule has 0 amide bonds. The van der Waals surface area contributed by atoms with Gasteiger partial charge in [0, 0.05) is 18.9 Å². The topological polar surface area (TPSA) is 97.5 Å². The van der Waals surface area contributed by atoms with Crippen LogP contribution >= 0.6 is 0 Å². The fraction of sp³-hybridized carbons (Fsp3) is 0.269. The summed E-state index contributed by atoms with van der Waals surface area (Å²) in [5.41, 5.74) is 2.39. The number of fused-ring (bicyclic) bond motifs is 1. The van der Waals surface area contributed by atoms with Crippen LogP contribution in [0.5, 0.6) is 5.75 Å². The lowest BCUT2D eigenvalue weighted by atomic mass is 9.97. The molecule has 170 valence electrons. The largest absolute Gasteiger partial charge is 0.478 e. The predicted octanol–water partition coefficient (Wildman–Crippen LogP) is 4.78. The number of carbonyl (C=O) groups is 1. The van der Waals surface area contributed by atoms with Gasteiger partial charge in [-0.1, -0.05) is 30.3 Å². The second-order valence-electron chi connectivity index (χ2n) is 8.39. The van der Waals surface area contributed by atoms with E-state index in [1.807, 2.05) is 60.8 Å². The summed E-state index contributed by atoms with van der Waals surface area (Å²) >= 11 is 0. The standard InChI is InChI=1S/C26H27N3O4/c1-26(2,25(30)31)33-20-9-5-7-18(15-20)16-28-14-12-21(19-8-6-13-27-17-19)24-29-22-10-3-4-11-23(22)32-24/h3-11,13,15,17,21,28H,12,14,16H2,1-2H3,(H,30,31). The van der Waals surface area contributed by atoms with Gasteiger partial charge in [0.1, 0.15) is 11.3 Å². The van der Waals surface area contributed by atoms with Gasteiger partial charge >= 0.3 is 5.97 Å². The van der Waals surface area contributed by atoms with Gasteiger partial charge in [0.25, 0.3) is 0 Å². The summed E-state index contributed by atoms with van der Waals surface area (Å²) < 4.78 is 11.7. The Morgan fingerprint density at radius 2 is 2.00 bits per heavy atom. The summed E-state index contributed by atoms with van der Waals surface area (Å²) in [6, 6.07) is 19.2. The van der Waals surface area contributed by atoms with Crippen molar-refractivity contribution in [1.29, 1.82) is 0 Å². The van der Waals surface area contributed by atoms with Crippen LogP contribution in [-0.4, -0.2) is 33.2 Å². The van der Waals surface area contributed by atoms with E-state index in [-0.39, 0.29) is 5.92 Å². The number of carboxylic acids is 1. The van der Waals surface area contributed by atoms with Gasteiger partial charge in [-0.2, -0.15) is 0 Å². The van der Waals surface area contributed by atoms with Crippen LogP contribution in [0.25, 0.3) is 11.1 Å². The molecule has 33 heavy (non-hydrogen) atoms. The first-order valence-electron chi connectivity index (χ1n) is 10.9. The summed E-state index contributed by atoms with van der Waals surface area (Å²) in [4.78, 5) is 20.3. The van der Waals surface area contributed by atoms with Crippen LogP contribution in [0, 0.1) is 0 Å².